The van der Waals surface area contributed by atoms with Crippen LogP contribution in [0.15, 0.2) is 34.7 Å². The van der Waals surface area contributed by atoms with Crippen molar-refractivity contribution in [2.75, 3.05) is 32.8 Å². The third kappa shape index (κ3) is 3.19. The van der Waals surface area contributed by atoms with Crippen LogP contribution in [-0.4, -0.2) is 48.7 Å². The van der Waals surface area contributed by atoms with Crippen LogP contribution < -0.4 is 0 Å². The Morgan fingerprint density at radius 1 is 1.24 bits per heavy atom. The molecule has 0 bridgehead atoms. The molecule has 1 fully saturated rings. The summed E-state index contributed by atoms with van der Waals surface area (Å²) in [5.74, 6) is 0.973. The fourth-order valence-electron chi connectivity index (χ4n) is 2.64. The van der Waals surface area contributed by atoms with Crippen molar-refractivity contribution in [3.05, 3.63) is 36.1 Å². The van der Waals surface area contributed by atoms with Crippen molar-refractivity contribution in [2.24, 2.45) is 0 Å². The number of hydrogen-bond acceptors (Lipinski definition) is 4. The number of para-hydroxylation sites is 1. The van der Waals surface area contributed by atoms with Gasteiger partial charge in [0.25, 0.3) is 0 Å². The van der Waals surface area contributed by atoms with Crippen LogP contribution in [0.4, 0.5) is 4.79 Å². The van der Waals surface area contributed by atoms with Crippen LogP contribution in [0.1, 0.15) is 12.7 Å². The van der Waals surface area contributed by atoms with Gasteiger partial charge in [0.05, 0.1) is 13.2 Å². The van der Waals surface area contributed by atoms with Gasteiger partial charge in [-0.25, -0.2) is 4.79 Å². The Labute approximate surface area is 124 Å². The second-order valence-corrected chi connectivity index (χ2v) is 5.21. The summed E-state index contributed by atoms with van der Waals surface area (Å²) >= 11 is 0. The Balaban J connectivity index is 1.56. The molecule has 0 unspecified atom stereocenters. The molecule has 1 aliphatic rings. The van der Waals surface area contributed by atoms with E-state index in [2.05, 4.69) is 17.0 Å². The molecule has 0 N–H and O–H groups in total. The zero-order chi connectivity index (χ0) is 14.7. The number of hydrogen-bond donors (Lipinski definition) is 0. The molecule has 0 spiro atoms. The SMILES string of the molecule is CCOC(=O)N1CCN(Cc2cc3ccccc3o2)CC1. The normalized spacial score (nSPS) is 16.3. The average Bonchev–Trinajstić information content (AvgIpc) is 2.90. The van der Waals surface area contributed by atoms with Crippen molar-refractivity contribution in [2.45, 2.75) is 13.5 Å². The van der Waals surface area contributed by atoms with Crippen molar-refractivity contribution in [3.63, 3.8) is 0 Å². The first kappa shape index (κ1) is 13.9. The lowest BCUT2D eigenvalue weighted by Gasteiger charge is -2.33. The smallest absolute Gasteiger partial charge is 0.409 e. The molecule has 2 aromatic rings. The Morgan fingerprint density at radius 2 is 2.00 bits per heavy atom. The molecule has 21 heavy (non-hydrogen) atoms. The van der Waals surface area contributed by atoms with Crippen molar-refractivity contribution in [1.82, 2.24) is 9.80 Å². The quantitative estimate of drug-likeness (QED) is 0.871. The van der Waals surface area contributed by atoms with Crippen LogP contribution in [0, 0.1) is 0 Å². The van der Waals surface area contributed by atoms with Gasteiger partial charge < -0.3 is 14.1 Å². The summed E-state index contributed by atoms with van der Waals surface area (Å²) in [4.78, 5) is 15.7. The van der Waals surface area contributed by atoms with E-state index in [0.29, 0.717) is 19.7 Å². The zero-order valence-corrected chi connectivity index (χ0v) is 12.2. The van der Waals surface area contributed by atoms with E-state index < -0.39 is 0 Å². The number of carbonyl (C=O) groups is 1. The fraction of sp³-hybridized carbons (Fsp3) is 0.438. The minimum Gasteiger partial charge on any atom is -0.460 e. The number of furan rings is 1. The third-order valence-electron chi connectivity index (χ3n) is 3.75. The molecule has 0 aliphatic carbocycles. The molecule has 1 aliphatic heterocycles. The Morgan fingerprint density at radius 3 is 2.71 bits per heavy atom. The number of piperazine rings is 1. The first-order valence-corrected chi connectivity index (χ1v) is 7.38. The van der Waals surface area contributed by atoms with Crippen LogP contribution in [0.5, 0.6) is 0 Å². The lowest BCUT2D eigenvalue weighted by atomic mass is 10.2. The molecule has 1 amide bonds. The molecule has 1 saturated heterocycles. The molecule has 0 radical (unpaired) electrons. The van der Waals surface area contributed by atoms with Gasteiger partial charge in [0.1, 0.15) is 11.3 Å². The van der Waals surface area contributed by atoms with Crippen LogP contribution >= 0.6 is 0 Å². The number of fused-ring (bicyclic) bond motifs is 1. The van der Waals surface area contributed by atoms with Gasteiger partial charge in [-0.3, -0.25) is 4.90 Å². The highest BCUT2D eigenvalue weighted by Gasteiger charge is 2.22. The molecule has 2 heterocycles. The van der Waals surface area contributed by atoms with Crippen molar-refractivity contribution in [1.29, 1.82) is 0 Å². The second-order valence-electron chi connectivity index (χ2n) is 5.21. The largest absolute Gasteiger partial charge is 0.460 e. The average molecular weight is 288 g/mol. The molecular weight excluding hydrogens is 268 g/mol. The van der Waals surface area contributed by atoms with E-state index >= 15 is 0 Å². The molecular formula is C16H20N2O3. The van der Waals surface area contributed by atoms with Gasteiger partial charge in [0.2, 0.25) is 0 Å². The first-order valence-electron chi connectivity index (χ1n) is 7.38. The molecule has 1 aromatic heterocycles. The van der Waals surface area contributed by atoms with E-state index in [4.69, 9.17) is 9.15 Å². The maximum atomic E-state index is 11.6. The lowest BCUT2D eigenvalue weighted by molar-refractivity contribution is 0.0762. The van der Waals surface area contributed by atoms with Crippen LogP contribution in [0.2, 0.25) is 0 Å². The summed E-state index contributed by atoms with van der Waals surface area (Å²) in [6, 6.07) is 10.1. The van der Waals surface area contributed by atoms with E-state index in [1.165, 1.54) is 0 Å². The van der Waals surface area contributed by atoms with Crippen molar-refractivity contribution < 1.29 is 13.9 Å². The van der Waals surface area contributed by atoms with Gasteiger partial charge in [0, 0.05) is 31.6 Å². The summed E-state index contributed by atoms with van der Waals surface area (Å²) in [5, 5.41) is 1.14. The van der Waals surface area contributed by atoms with Gasteiger partial charge >= 0.3 is 6.09 Å². The maximum Gasteiger partial charge on any atom is 0.409 e. The van der Waals surface area contributed by atoms with Gasteiger partial charge in [-0.2, -0.15) is 0 Å². The number of nitrogens with zero attached hydrogens (tertiary/aromatic N) is 2. The zero-order valence-electron chi connectivity index (χ0n) is 12.2. The Hall–Kier alpha value is -2.01. The second kappa shape index (κ2) is 6.18. The number of carbonyl (C=O) groups excluding carboxylic acids is 1. The summed E-state index contributed by atoms with van der Waals surface area (Å²) in [7, 11) is 0. The van der Waals surface area contributed by atoms with Gasteiger partial charge in [-0.05, 0) is 19.1 Å². The maximum absolute atomic E-state index is 11.6. The van der Waals surface area contributed by atoms with Crippen LogP contribution in [0.25, 0.3) is 11.0 Å². The first-order chi connectivity index (χ1) is 10.3. The Kier molecular flexibility index (Phi) is 4.10. The highest BCUT2D eigenvalue weighted by molar-refractivity contribution is 5.77. The van der Waals surface area contributed by atoms with E-state index in [1.807, 2.05) is 25.1 Å². The number of amides is 1. The minimum atomic E-state index is -0.208. The van der Waals surface area contributed by atoms with E-state index in [0.717, 1.165) is 36.4 Å². The molecule has 0 atom stereocenters. The van der Waals surface area contributed by atoms with Crippen LogP contribution in [-0.2, 0) is 11.3 Å². The molecule has 0 saturated carbocycles. The van der Waals surface area contributed by atoms with E-state index in [1.54, 1.807) is 4.90 Å². The summed E-state index contributed by atoms with van der Waals surface area (Å²) in [6.45, 7) is 6.14. The van der Waals surface area contributed by atoms with Gasteiger partial charge in [0.15, 0.2) is 0 Å². The molecule has 5 nitrogen and oxygen atoms in total. The minimum absolute atomic E-state index is 0.208. The molecule has 112 valence electrons. The fourth-order valence-corrected chi connectivity index (χ4v) is 2.64. The highest BCUT2D eigenvalue weighted by Crippen LogP contribution is 2.20. The highest BCUT2D eigenvalue weighted by atomic mass is 16.6. The van der Waals surface area contributed by atoms with Gasteiger partial charge in [-0.1, -0.05) is 18.2 Å². The third-order valence-corrected chi connectivity index (χ3v) is 3.75. The predicted molar refractivity (Wildman–Crippen MR) is 80.1 cm³/mol. The summed E-state index contributed by atoms with van der Waals surface area (Å²) in [6.07, 6.45) is -0.208. The topological polar surface area (TPSA) is 45.9 Å². The number of rotatable bonds is 3. The Bertz CT molecular complexity index is 582. The predicted octanol–water partition coefficient (Wildman–Crippen LogP) is 2.71. The molecule has 3 rings (SSSR count). The van der Waals surface area contributed by atoms with E-state index in [-0.39, 0.29) is 6.09 Å². The number of benzene rings is 1. The van der Waals surface area contributed by atoms with E-state index in [9.17, 15) is 4.79 Å². The van der Waals surface area contributed by atoms with Gasteiger partial charge in [-0.15, -0.1) is 0 Å². The van der Waals surface area contributed by atoms with Crippen molar-refractivity contribution in [3.8, 4) is 0 Å². The lowest BCUT2D eigenvalue weighted by Crippen LogP contribution is -2.48. The summed E-state index contributed by atoms with van der Waals surface area (Å²) in [5.41, 5.74) is 0.928. The standard InChI is InChI=1S/C16H20N2O3/c1-2-20-16(19)18-9-7-17(8-10-18)12-14-11-13-5-3-4-6-15(13)21-14/h3-6,11H,2,7-10,12H2,1H3. The molecule has 5 heteroatoms. The van der Waals surface area contributed by atoms with Crippen LogP contribution in [0.3, 0.4) is 0 Å². The molecule has 1 aromatic carbocycles. The summed E-state index contributed by atoms with van der Waals surface area (Å²) < 4.78 is 10.9. The van der Waals surface area contributed by atoms with Crippen molar-refractivity contribution >= 4 is 17.1 Å². The monoisotopic (exact) mass is 288 g/mol. The number of ether oxygens (including phenoxy) is 1.